The molecule has 1 aliphatic carbocycles. The first-order valence-electron chi connectivity index (χ1n) is 17.2. The van der Waals surface area contributed by atoms with Gasteiger partial charge in [-0.05, 0) is 85.2 Å². The van der Waals surface area contributed by atoms with Crippen LogP contribution in [0.25, 0.3) is 44.2 Å². The number of carbonyl (C=O) groups excluding carboxylic acids is 2. The first kappa shape index (κ1) is 30.6. The zero-order chi connectivity index (χ0) is 33.1. The average molecular weight is 646 g/mol. The molecule has 5 unspecified atom stereocenters. The second-order valence-corrected chi connectivity index (χ2v) is 14.2. The number of hydrogen-bond acceptors (Lipinski definition) is 6. The normalized spacial score (nSPS) is 23.1. The van der Waals surface area contributed by atoms with Crippen molar-refractivity contribution >= 4 is 33.8 Å². The van der Waals surface area contributed by atoms with E-state index < -0.39 is 12.1 Å². The van der Waals surface area contributed by atoms with E-state index in [1.807, 2.05) is 24.9 Å². The molecule has 2 aromatic heterocycles. The number of carbonyl (C=O) groups is 2. The molecular formula is C38H43N7O3. The van der Waals surface area contributed by atoms with E-state index >= 15 is 0 Å². The number of aromatic nitrogens is 4. The van der Waals surface area contributed by atoms with Crippen molar-refractivity contribution in [2.45, 2.75) is 70.1 Å². The second-order valence-electron chi connectivity index (χ2n) is 14.2. The van der Waals surface area contributed by atoms with Gasteiger partial charge in [0.05, 0.1) is 42.1 Å². The zero-order valence-electron chi connectivity index (χ0n) is 28.0. The Balaban J connectivity index is 1.02. The highest BCUT2D eigenvalue weighted by Crippen LogP contribution is 2.48. The van der Waals surface area contributed by atoms with Gasteiger partial charge in [0.2, 0.25) is 5.91 Å². The highest BCUT2D eigenvalue weighted by Gasteiger charge is 2.45. The molecule has 2 amide bonds. The molecule has 5 atom stereocenters. The molecule has 3 N–H and O–H groups in total. The largest absolute Gasteiger partial charge is 0.453 e. The van der Waals surface area contributed by atoms with Crippen molar-refractivity contribution in [3.8, 4) is 22.4 Å². The maximum Gasteiger partial charge on any atom is 0.407 e. The lowest BCUT2D eigenvalue weighted by atomic mass is 9.98. The molecule has 2 bridgehead atoms. The molecule has 2 saturated heterocycles. The number of amides is 2. The van der Waals surface area contributed by atoms with Crippen LogP contribution in [0.15, 0.2) is 60.8 Å². The molecule has 8 rings (SSSR count). The SMILES string of the molecule is COC(=O)NC(C(=O)N1CCCC1c1nc2c(ccc3cc(-c4ccc(-c5cnc(C6C7CCC(C7)N6C)[nH]5)cc4)ccc32)[nH]1)C(C)C. The van der Waals surface area contributed by atoms with Crippen molar-refractivity contribution in [3.63, 3.8) is 0 Å². The monoisotopic (exact) mass is 645 g/mol. The van der Waals surface area contributed by atoms with E-state index in [9.17, 15) is 9.59 Å². The molecule has 0 spiro atoms. The van der Waals surface area contributed by atoms with Crippen LogP contribution in [-0.4, -0.2) is 74.5 Å². The van der Waals surface area contributed by atoms with Crippen molar-refractivity contribution in [1.82, 2.24) is 35.1 Å². The number of likely N-dealkylation sites (tertiary alicyclic amines) is 2. The summed E-state index contributed by atoms with van der Waals surface area (Å²) in [6.45, 7) is 4.47. The van der Waals surface area contributed by atoms with Gasteiger partial charge in [0.25, 0.3) is 0 Å². The Morgan fingerprint density at radius 1 is 0.958 bits per heavy atom. The number of nitrogens with zero attached hydrogens (tertiary/aromatic N) is 4. The third-order valence-corrected chi connectivity index (χ3v) is 11.0. The predicted octanol–water partition coefficient (Wildman–Crippen LogP) is 6.97. The van der Waals surface area contributed by atoms with Crippen molar-refractivity contribution in [2.24, 2.45) is 11.8 Å². The summed E-state index contributed by atoms with van der Waals surface area (Å²) >= 11 is 0. The number of fused-ring (bicyclic) bond motifs is 5. The molecule has 4 heterocycles. The molecular weight excluding hydrogens is 602 g/mol. The van der Waals surface area contributed by atoms with E-state index in [0.717, 1.165) is 68.7 Å². The van der Waals surface area contributed by atoms with Crippen molar-refractivity contribution in [2.75, 3.05) is 20.7 Å². The average Bonchev–Trinajstić information content (AvgIpc) is 3.94. The maximum absolute atomic E-state index is 13.6. The molecule has 248 valence electrons. The number of methoxy groups -OCH3 is 1. The van der Waals surface area contributed by atoms with Gasteiger partial charge in [0.15, 0.2) is 0 Å². The summed E-state index contributed by atoms with van der Waals surface area (Å²) in [5, 5.41) is 4.90. The fourth-order valence-corrected chi connectivity index (χ4v) is 8.45. The minimum absolute atomic E-state index is 0.0832. The third-order valence-electron chi connectivity index (χ3n) is 11.0. The summed E-state index contributed by atoms with van der Waals surface area (Å²) in [4.78, 5) is 47.0. The molecule has 5 aromatic rings. The van der Waals surface area contributed by atoms with Crippen LogP contribution in [0.5, 0.6) is 0 Å². The number of hydrogen-bond donors (Lipinski definition) is 3. The first-order valence-corrected chi connectivity index (χ1v) is 17.2. The van der Waals surface area contributed by atoms with Gasteiger partial charge in [0, 0.05) is 18.0 Å². The highest BCUT2D eigenvalue weighted by atomic mass is 16.5. The lowest BCUT2D eigenvalue weighted by Gasteiger charge is -2.30. The number of H-pyrrole nitrogens is 2. The van der Waals surface area contributed by atoms with Crippen molar-refractivity contribution in [1.29, 1.82) is 0 Å². The Morgan fingerprint density at radius 2 is 1.75 bits per heavy atom. The van der Waals surface area contributed by atoms with Gasteiger partial charge in [-0.3, -0.25) is 9.69 Å². The number of imidazole rings is 2. The molecule has 48 heavy (non-hydrogen) atoms. The van der Waals surface area contributed by atoms with Crippen LogP contribution < -0.4 is 5.32 Å². The summed E-state index contributed by atoms with van der Waals surface area (Å²) < 4.78 is 4.78. The summed E-state index contributed by atoms with van der Waals surface area (Å²) in [6, 6.07) is 19.7. The van der Waals surface area contributed by atoms with Gasteiger partial charge in [0.1, 0.15) is 17.7 Å². The zero-order valence-corrected chi connectivity index (χ0v) is 28.0. The molecule has 3 aromatic carbocycles. The number of alkyl carbamates (subject to hydrolysis) is 1. The number of nitrogens with one attached hydrogen (secondary N) is 3. The Hall–Kier alpha value is -4.70. The number of piperidine rings is 1. The second kappa shape index (κ2) is 12.1. The number of benzene rings is 3. The Morgan fingerprint density at radius 3 is 2.50 bits per heavy atom. The summed E-state index contributed by atoms with van der Waals surface area (Å²) in [7, 11) is 3.55. The molecule has 3 fully saturated rings. The molecule has 0 radical (unpaired) electrons. The van der Waals surface area contributed by atoms with E-state index in [0.29, 0.717) is 24.5 Å². The molecule has 3 aliphatic rings. The minimum Gasteiger partial charge on any atom is -0.453 e. The Kier molecular flexibility index (Phi) is 7.70. The van der Waals surface area contributed by atoms with Crippen molar-refractivity contribution < 1.29 is 14.3 Å². The fourth-order valence-electron chi connectivity index (χ4n) is 8.45. The van der Waals surface area contributed by atoms with E-state index in [1.54, 1.807) is 0 Å². The smallest absolute Gasteiger partial charge is 0.407 e. The number of rotatable bonds is 7. The molecule has 10 nitrogen and oxygen atoms in total. The van der Waals surface area contributed by atoms with Crippen LogP contribution in [0, 0.1) is 11.8 Å². The quantitative estimate of drug-likeness (QED) is 0.176. The van der Waals surface area contributed by atoms with Gasteiger partial charge in [-0.25, -0.2) is 14.8 Å². The maximum atomic E-state index is 13.6. The van der Waals surface area contributed by atoms with Gasteiger partial charge >= 0.3 is 6.09 Å². The summed E-state index contributed by atoms with van der Waals surface area (Å²) in [5.74, 6) is 2.39. The van der Waals surface area contributed by atoms with E-state index in [1.165, 1.54) is 26.4 Å². The van der Waals surface area contributed by atoms with Crippen LogP contribution in [0.1, 0.15) is 69.7 Å². The standard InChI is InChI=1S/C38H43N7O3/c1-21(2)32(43-38(47)48-4)37(46)45-17-5-6-31(45)35-40-29-16-13-25-18-24(12-15-28(25)33(29)42-35)22-7-9-23(10-8-22)30-20-39-36(41-30)34-26-11-14-27(19-26)44(34)3/h7-10,12-13,15-16,18,20-21,26-27,31-32,34H,5-6,11,14,17,19H2,1-4H3,(H,39,41)(H,40,42)(H,43,47). The van der Waals surface area contributed by atoms with Crippen LogP contribution >= 0.6 is 0 Å². The van der Waals surface area contributed by atoms with Gasteiger partial charge in [-0.1, -0.05) is 56.3 Å². The number of ether oxygens (including phenoxy) is 1. The van der Waals surface area contributed by atoms with Crippen LogP contribution in [0.2, 0.25) is 0 Å². The van der Waals surface area contributed by atoms with Gasteiger partial charge in [-0.15, -0.1) is 0 Å². The highest BCUT2D eigenvalue weighted by molar-refractivity contribution is 6.05. The Labute approximate surface area is 280 Å². The van der Waals surface area contributed by atoms with E-state index in [-0.39, 0.29) is 17.9 Å². The summed E-state index contributed by atoms with van der Waals surface area (Å²) in [6.07, 6.45) is 6.97. The molecule has 10 heteroatoms. The van der Waals surface area contributed by atoms with Gasteiger partial charge < -0.3 is 24.9 Å². The molecule has 1 saturated carbocycles. The Bertz CT molecular complexity index is 1990. The number of aromatic amines is 2. The first-order chi connectivity index (χ1) is 23.3. The third kappa shape index (κ3) is 5.23. The van der Waals surface area contributed by atoms with Crippen LogP contribution in [0.4, 0.5) is 4.79 Å². The minimum atomic E-state index is -0.665. The molecule has 2 aliphatic heterocycles. The lowest BCUT2D eigenvalue weighted by Crippen LogP contribution is -2.51. The van der Waals surface area contributed by atoms with Gasteiger partial charge in [-0.2, -0.15) is 0 Å². The fraction of sp³-hybridized carbons (Fsp3) is 0.421. The van der Waals surface area contributed by atoms with E-state index in [2.05, 4.69) is 81.8 Å². The van der Waals surface area contributed by atoms with E-state index in [4.69, 9.17) is 14.7 Å². The topological polar surface area (TPSA) is 119 Å². The lowest BCUT2D eigenvalue weighted by molar-refractivity contribution is -0.135. The summed E-state index contributed by atoms with van der Waals surface area (Å²) in [5.41, 5.74) is 6.32. The predicted molar refractivity (Wildman–Crippen MR) is 186 cm³/mol. The van der Waals surface area contributed by atoms with Crippen molar-refractivity contribution in [3.05, 3.63) is 72.4 Å². The van der Waals surface area contributed by atoms with Crippen LogP contribution in [-0.2, 0) is 9.53 Å². The van der Waals surface area contributed by atoms with Crippen LogP contribution in [0.3, 0.4) is 0 Å².